The van der Waals surface area contributed by atoms with Crippen LogP contribution in [0.15, 0.2) is 63.3 Å². The molecule has 0 aromatic heterocycles. The zero-order chi connectivity index (χ0) is 41.0. The molecule has 17 nitrogen and oxygen atoms in total. The fraction of sp³-hybridized carbons (Fsp3) is 0.258. The van der Waals surface area contributed by atoms with Gasteiger partial charge in [0.15, 0.2) is 0 Å². The Morgan fingerprint density at radius 2 is 0.948 bits per heavy atom. The summed E-state index contributed by atoms with van der Waals surface area (Å²) in [7, 11) is -14.4. The summed E-state index contributed by atoms with van der Waals surface area (Å²) in [5, 5.41) is 2.35. The van der Waals surface area contributed by atoms with Crippen molar-refractivity contribution in [2.45, 2.75) is 62.2 Å². The molecular formula is C31H28N2Na5O15S5+. The maximum atomic E-state index is 11.6. The average molecular weight is 944 g/mol. The number of benzene rings is 4. The van der Waals surface area contributed by atoms with E-state index in [4.69, 9.17) is 37.9 Å². The standard InChI is InChI=1S/C16H16NO3S.C15H14NO3S.5Na.3O3S/c1-10-16(2,3)15-12(17(10)4)9-8-11-6-5-7-13(14(11)15)21(18,19)20;1-9-15(2,3)14-11(16-9)8-7-10-5-4-6-12(13(10)14)20(17,18)19;;;;;;3*1-4(2)3/h6-9H,4H2,1-3H3,(H,18,19,20);5-8H,1-3H3,(H,17,18,19);;;;;;;;/q2*-1;5*+1;;;/p-2. The number of rotatable bonds is 2. The SMILES string of the molecule is CC1=Nc2ccc3c[c-]cc(S(=O)(=O)[O-])c3c2C1(C)C.O=S(=O)=O.O=S(=O)=O.O=S(=O)=O.[CH2-][N+]1=C(C)C(C)(C)c2c1ccc1c[c-]cc(S(=O)(=O)[O-])c21.[Na+].[Na+].[Na+].[Na+].[Na+]. The normalized spacial score (nSPS) is 13.4. The molecule has 58 heavy (non-hydrogen) atoms. The molecule has 0 spiro atoms. The van der Waals surface area contributed by atoms with E-state index in [0.717, 1.165) is 33.9 Å². The van der Waals surface area contributed by atoms with Gasteiger partial charge >= 0.3 is 180 Å². The molecule has 2 heterocycles. The maximum absolute atomic E-state index is 11.6. The molecule has 4 aromatic carbocycles. The van der Waals surface area contributed by atoms with Crippen molar-refractivity contribution in [1.29, 1.82) is 0 Å². The summed E-state index contributed by atoms with van der Waals surface area (Å²) in [4.78, 5) is 4.06. The van der Waals surface area contributed by atoms with Crippen LogP contribution in [0.4, 0.5) is 11.4 Å². The van der Waals surface area contributed by atoms with E-state index in [9.17, 15) is 25.9 Å². The summed E-state index contributed by atoms with van der Waals surface area (Å²) < 4.78 is 147. The molecule has 286 valence electrons. The zero-order valence-electron chi connectivity index (χ0n) is 33.4. The Morgan fingerprint density at radius 3 is 1.31 bits per heavy atom. The minimum Gasteiger partial charge on any atom is -0.754 e. The van der Waals surface area contributed by atoms with E-state index in [1.165, 1.54) is 12.1 Å². The van der Waals surface area contributed by atoms with Crippen LogP contribution < -0.4 is 148 Å². The number of hydrogen-bond acceptors (Lipinski definition) is 16. The van der Waals surface area contributed by atoms with Gasteiger partial charge in [-0.2, -0.15) is 36.4 Å². The number of aliphatic imine (C=N–C) groups is 1. The Bertz CT molecular complexity index is 2710. The molecule has 0 bridgehead atoms. The van der Waals surface area contributed by atoms with Gasteiger partial charge in [-0.15, -0.1) is 71.6 Å². The van der Waals surface area contributed by atoms with Crippen LogP contribution in [0.2, 0.25) is 0 Å². The smallest absolute Gasteiger partial charge is 0.754 e. The summed E-state index contributed by atoms with van der Waals surface area (Å²) in [5.41, 5.74) is 4.32. The van der Waals surface area contributed by atoms with E-state index >= 15 is 0 Å². The molecule has 0 atom stereocenters. The third-order valence-electron chi connectivity index (χ3n) is 8.41. The number of hydrogen-bond donors (Lipinski definition) is 0. The van der Waals surface area contributed by atoms with E-state index in [-0.39, 0.29) is 158 Å². The molecule has 2 aliphatic heterocycles. The first-order chi connectivity index (χ1) is 24.1. The largest absolute Gasteiger partial charge is 1.00 e. The minimum absolute atomic E-state index is 0. The van der Waals surface area contributed by atoms with Crippen LogP contribution in [-0.4, -0.2) is 79.8 Å². The van der Waals surface area contributed by atoms with Crippen molar-refractivity contribution in [1.82, 2.24) is 0 Å². The molecule has 0 saturated carbocycles. The van der Waals surface area contributed by atoms with Crippen molar-refractivity contribution < 1.29 is 216 Å². The Kier molecular flexibility index (Phi) is 29.3. The first kappa shape index (κ1) is 64.9. The molecule has 6 rings (SSSR count). The van der Waals surface area contributed by atoms with Crippen LogP contribution in [0, 0.1) is 19.2 Å². The quantitative estimate of drug-likeness (QED) is 0.0781. The van der Waals surface area contributed by atoms with Gasteiger partial charge in [0.1, 0.15) is 5.69 Å². The maximum Gasteiger partial charge on any atom is 1.00 e. The molecule has 4 aromatic rings. The Morgan fingerprint density at radius 1 is 0.603 bits per heavy atom. The van der Waals surface area contributed by atoms with Crippen molar-refractivity contribution in [2.24, 2.45) is 4.99 Å². The predicted molar refractivity (Wildman–Crippen MR) is 185 cm³/mol. The van der Waals surface area contributed by atoms with Crippen LogP contribution in [0.3, 0.4) is 0 Å². The second-order valence-corrected chi connectivity index (χ2v) is 15.9. The summed E-state index contributed by atoms with van der Waals surface area (Å²) >= 11 is 0. The average Bonchev–Trinajstić information content (AvgIpc) is 3.34. The first-order valence-corrected chi connectivity index (χ1v) is 20.1. The number of fused-ring (bicyclic) bond motifs is 6. The van der Waals surface area contributed by atoms with E-state index < -0.39 is 62.9 Å². The second-order valence-electron chi connectivity index (χ2n) is 12.0. The molecule has 0 radical (unpaired) electrons. The van der Waals surface area contributed by atoms with Crippen molar-refractivity contribution >= 4 is 96.4 Å². The van der Waals surface area contributed by atoms with Crippen molar-refractivity contribution in [3.05, 3.63) is 78.8 Å². The molecular weight excluding hydrogens is 916 g/mol. The molecule has 0 aliphatic carbocycles. The third kappa shape index (κ3) is 16.4. The summed E-state index contributed by atoms with van der Waals surface area (Å²) in [6.45, 7) is 11.8. The van der Waals surface area contributed by atoms with Gasteiger partial charge in [-0.1, -0.05) is 33.8 Å². The van der Waals surface area contributed by atoms with E-state index in [2.05, 4.69) is 24.2 Å². The van der Waals surface area contributed by atoms with Gasteiger partial charge in [0.2, 0.25) is 0 Å². The topological polar surface area (TPSA) is 283 Å². The summed E-state index contributed by atoms with van der Waals surface area (Å²) in [5.74, 6) is 0. The van der Waals surface area contributed by atoms with E-state index in [1.54, 1.807) is 28.8 Å². The van der Waals surface area contributed by atoms with Gasteiger partial charge in [-0.3, -0.25) is 21.8 Å². The van der Waals surface area contributed by atoms with E-state index in [1.807, 2.05) is 53.7 Å². The van der Waals surface area contributed by atoms with Gasteiger partial charge in [0.25, 0.3) is 0 Å². The van der Waals surface area contributed by atoms with Crippen LogP contribution in [-0.2, 0) is 62.9 Å². The van der Waals surface area contributed by atoms with Crippen molar-refractivity contribution in [3.8, 4) is 0 Å². The van der Waals surface area contributed by atoms with Crippen LogP contribution in [0.5, 0.6) is 0 Å². The Hall–Kier alpha value is 0.290. The van der Waals surface area contributed by atoms with Crippen LogP contribution in [0.25, 0.3) is 21.5 Å². The van der Waals surface area contributed by atoms with Crippen molar-refractivity contribution in [3.63, 3.8) is 0 Å². The van der Waals surface area contributed by atoms with Crippen molar-refractivity contribution in [2.75, 3.05) is 0 Å². The van der Waals surface area contributed by atoms with Gasteiger partial charge in [-0.25, -0.2) is 0 Å². The predicted octanol–water partition coefficient (Wildman–Crippen LogP) is -12.3. The van der Waals surface area contributed by atoms with E-state index in [0.29, 0.717) is 21.5 Å². The van der Waals surface area contributed by atoms with Gasteiger partial charge in [0.05, 0.1) is 31.6 Å². The molecule has 0 saturated heterocycles. The van der Waals surface area contributed by atoms with Crippen LogP contribution >= 0.6 is 0 Å². The molecule has 2 aliphatic rings. The summed E-state index contributed by atoms with van der Waals surface area (Å²) in [6.07, 6.45) is 0. The Labute approximate surface area is 451 Å². The van der Waals surface area contributed by atoms with Gasteiger partial charge in [-0.05, 0) is 40.8 Å². The number of nitrogens with zero attached hydrogens (tertiary/aromatic N) is 2. The fourth-order valence-corrected chi connectivity index (χ4v) is 7.09. The summed E-state index contributed by atoms with van der Waals surface area (Å²) in [6, 6.07) is 18.7. The molecule has 0 amide bonds. The minimum atomic E-state index is -4.57. The zero-order valence-corrected chi connectivity index (χ0v) is 47.5. The third-order valence-corrected chi connectivity index (χ3v) is 10.1. The molecule has 0 N–H and O–H groups in total. The Balaban J connectivity index is -0.000000369. The first-order valence-electron chi connectivity index (χ1n) is 14.2. The second kappa shape index (κ2) is 26.2. The monoisotopic (exact) mass is 943 g/mol. The molecule has 27 heteroatoms. The fourth-order valence-electron chi connectivity index (χ4n) is 5.72. The van der Waals surface area contributed by atoms with Gasteiger partial charge in [0, 0.05) is 23.6 Å². The van der Waals surface area contributed by atoms with Gasteiger partial charge < -0.3 is 13.7 Å². The molecule has 0 fully saturated rings. The molecule has 0 unspecified atom stereocenters. The van der Waals surface area contributed by atoms with Crippen LogP contribution in [0.1, 0.15) is 52.7 Å².